The number of imide groups is 1. The number of likely N-dealkylation sites (N-methyl/N-ethyl adjacent to an activating group) is 1. The van der Waals surface area contributed by atoms with Gasteiger partial charge in [0.25, 0.3) is 17.7 Å². The Morgan fingerprint density at radius 2 is 1.85 bits per heavy atom. The SMILES string of the molecule is CCN1C(=O)COc2ccc(-c3csc(NC(=O)[C@H](C)N4C(=O)c5ccccc5C4=O)n3)cc21. The Kier molecular flexibility index (Phi) is 5.37. The van der Waals surface area contributed by atoms with Crippen molar-refractivity contribution < 1.29 is 23.9 Å². The molecule has 2 aromatic carbocycles. The van der Waals surface area contributed by atoms with Crippen LogP contribution in [0.25, 0.3) is 11.3 Å². The summed E-state index contributed by atoms with van der Waals surface area (Å²) in [5.74, 6) is -0.981. The molecule has 5 rings (SSSR count). The Labute approximate surface area is 199 Å². The van der Waals surface area contributed by atoms with Crippen molar-refractivity contribution in [2.24, 2.45) is 0 Å². The summed E-state index contributed by atoms with van der Waals surface area (Å²) in [4.78, 5) is 57.4. The van der Waals surface area contributed by atoms with Crippen molar-refractivity contribution in [2.45, 2.75) is 19.9 Å². The molecule has 2 aliphatic rings. The molecule has 1 N–H and O–H groups in total. The maximum atomic E-state index is 12.8. The topological polar surface area (TPSA) is 109 Å². The van der Waals surface area contributed by atoms with Gasteiger partial charge in [0.05, 0.1) is 22.5 Å². The van der Waals surface area contributed by atoms with Crippen molar-refractivity contribution in [2.75, 3.05) is 23.4 Å². The van der Waals surface area contributed by atoms with Crippen LogP contribution in [-0.2, 0) is 9.59 Å². The highest BCUT2D eigenvalue weighted by molar-refractivity contribution is 7.14. The zero-order valence-electron chi connectivity index (χ0n) is 18.4. The first-order chi connectivity index (χ1) is 16.4. The molecule has 0 saturated heterocycles. The van der Waals surface area contributed by atoms with Crippen LogP contribution in [0.3, 0.4) is 0 Å². The number of rotatable bonds is 5. The molecular weight excluding hydrogens is 456 g/mol. The van der Waals surface area contributed by atoms with Gasteiger partial charge >= 0.3 is 0 Å². The fourth-order valence-electron chi connectivity index (χ4n) is 4.06. The van der Waals surface area contributed by atoms with Crippen LogP contribution >= 0.6 is 11.3 Å². The number of hydrogen-bond donors (Lipinski definition) is 1. The molecule has 0 spiro atoms. The number of aromatic nitrogens is 1. The molecule has 0 unspecified atom stereocenters. The first-order valence-corrected chi connectivity index (χ1v) is 11.6. The molecule has 0 fully saturated rings. The summed E-state index contributed by atoms with van der Waals surface area (Å²) in [5, 5.41) is 4.82. The number of amides is 4. The van der Waals surface area contributed by atoms with E-state index < -0.39 is 23.8 Å². The number of nitrogens with zero attached hydrogens (tertiary/aromatic N) is 3. The van der Waals surface area contributed by atoms with Crippen LogP contribution in [0.1, 0.15) is 34.6 Å². The average Bonchev–Trinajstić information content (AvgIpc) is 3.41. The molecule has 2 aliphatic heterocycles. The van der Waals surface area contributed by atoms with E-state index in [1.165, 1.54) is 18.3 Å². The molecule has 172 valence electrons. The lowest BCUT2D eigenvalue weighted by atomic mass is 10.1. The maximum absolute atomic E-state index is 12.8. The van der Waals surface area contributed by atoms with Gasteiger partial charge in [-0.05, 0) is 44.2 Å². The van der Waals surface area contributed by atoms with E-state index in [1.54, 1.807) is 40.6 Å². The lowest BCUT2D eigenvalue weighted by Crippen LogP contribution is -2.45. The molecule has 4 amide bonds. The summed E-state index contributed by atoms with van der Waals surface area (Å²) in [5.41, 5.74) is 2.64. The number of hydrogen-bond acceptors (Lipinski definition) is 7. The largest absolute Gasteiger partial charge is 0.482 e. The Balaban J connectivity index is 1.33. The predicted octanol–water partition coefficient (Wildman–Crippen LogP) is 3.18. The van der Waals surface area contributed by atoms with Gasteiger partial charge in [-0.3, -0.25) is 24.1 Å². The highest BCUT2D eigenvalue weighted by Crippen LogP contribution is 2.36. The summed E-state index contributed by atoms with van der Waals surface area (Å²) in [6.45, 7) is 3.93. The van der Waals surface area contributed by atoms with Gasteiger partial charge < -0.3 is 15.0 Å². The van der Waals surface area contributed by atoms with Gasteiger partial charge in [-0.15, -0.1) is 11.3 Å². The van der Waals surface area contributed by atoms with Crippen molar-refractivity contribution in [1.29, 1.82) is 0 Å². The smallest absolute Gasteiger partial charge is 0.265 e. The van der Waals surface area contributed by atoms with Crippen molar-refractivity contribution in [3.63, 3.8) is 0 Å². The van der Waals surface area contributed by atoms with Gasteiger partial charge in [0.1, 0.15) is 11.8 Å². The van der Waals surface area contributed by atoms with Crippen molar-refractivity contribution >= 4 is 45.8 Å². The summed E-state index contributed by atoms with van der Waals surface area (Å²) in [6.07, 6.45) is 0. The summed E-state index contributed by atoms with van der Waals surface area (Å²) < 4.78 is 5.51. The van der Waals surface area contributed by atoms with Crippen LogP contribution in [0.2, 0.25) is 0 Å². The molecule has 10 heteroatoms. The number of carbonyl (C=O) groups is 4. The fraction of sp³-hybridized carbons (Fsp3) is 0.208. The van der Waals surface area contributed by atoms with Crippen LogP contribution in [0, 0.1) is 0 Å². The number of thiazole rings is 1. The minimum Gasteiger partial charge on any atom is -0.482 e. The van der Waals surface area contributed by atoms with Crippen LogP contribution in [-0.4, -0.2) is 52.7 Å². The van der Waals surface area contributed by atoms with E-state index in [2.05, 4.69) is 10.3 Å². The van der Waals surface area contributed by atoms with E-state index in [-0.39, 0.29) is 12.5 Å². The summed E-state index contributed by atoms with van der Waals surface area (Å²) in [6, 6.07) is 11.0. The number of benzene rings is 2. The second-order valence-corrected chi connectivity index (χ2v) is 8.70. The number of nitrogens with one attached hydrogen (secondary N) is 1. The Bertz CT molecular complexity index is 1320. The predicted molar refractivity (Wildman–Crippen MR) is 126 cm³/mol. The number of carbonyl (C=O) groups excluding carboxylic acids is 4. The Morgan fingerprint density at radius 1 is 1.15 bits per heavy atom. The zero-order chi connectivity index (χ0) is 24.0. The average molecular weight is 477 g/mol. The van der Waals surface area contributed by atoms with Gasteiger partial charge in [0, 0.05) is 17.5 Å². The summed E-state index contributed by atoms with van der Waals surface area (Å²) >= 11 is 1.22. The first-order valence-electron chi connectivity index (χ1n) is 10.7. The lowest BCUT2D eigenvalue weighted by molar-refractivity contribution is -0.121. The molecule has 34 heavy (non-hydrogen) atoms. The second kappa shape index (κ2) is 8.38. The zero-order valence-corrected chi connectivity index (χ0v) is 19.2. The van der Waals surface area contributed by atoms with Gasteiger partial charge in [-0.2, -0.15) is 0 Å². The molecule has 1 atom stereocenters. The highest BCUT2D eigenvalue weighted by atomic mass is 32.1. The third kappa shape index (κ3) is 3.52. The third-order valence-electron chi connectivity index (χ3n) is 5.84. The van der Waals surface area contributed by atoms with E-state index in [1.807, 2.05) is 19.1 Å². The molecule has 0 radical (unpaired) electrons. The molecule has 1 aromatic heterocycles. The van der Waals surface area contributed by atoms with E-state index in [0.29, 0.717) is 39.9 Å². The van der Waals surface area contributed by atoms with Crippen LogP contribution in [0.4, 0.5) is 10.8 Å². The van der Waals surface area contributed by atoms with E-state index in [9.17, 15) is 19.2 Å². The van der Waals surface area contributed by atoms with Gasteiger partial charge in [-0.1, -0.05) is 12.1 Å². The van der Waals surface area contributed by atoms with Crippen LogP contribution in [0.5, 0.6) is 5.75 Å². The molecule has 0 aliphatic carbocycles. The number of fused-ring (bicyclic) bond motifs is 2. The quantitative estimate of drug-likeness (QED) is 0.567. The van der Waals surface area contributed by atoms with Crippen LogP contribution < -0.4 is 15.0 Å². The normalized spacial score (nSPS) is 15.6. The Morgan fingerprint density at radius 3 is 2.53 bits per heavy atom. The number of anilines is 2. The molecule has 0 bridgehead atoms. The van der Waals surface area contributed by atoms with Crippen LogP contribution in [0.15, 0.2) is 47.8 Å². The van der Waals surface area contributed by atoms with Crippen molar-refractivity contribution in [3.8, 4) is 17.0 Å². The molecular formula is C24H20N4O5S. The summed E-state index contributed by atoms with van der Waals surface area (Å²) in [7, 11) is 0. The van der Waals surface area contributed by atoms with Gasteiger partial charge in [0.15, 0.2) is 11.7 Å². The molecule has 9 nitrogen and oxygen atoms in total. The fourth-order valence-corrected chi connectivity index (χ4v) is 4.78. The van der Waals surface area contributed by atoms with Crippen molar-refractivity contribution in [1.82, 2.24) is 9.88 Å². The first kappa shape index (κ1) is 21.8. The van der Waals surface area contributed by atoms with Gasteiger partial charge in [-0.25, -0.2) is 4.98 Å². The maximum Gasteiger partial charge on any atom is 0.265 e. The Hall–Kier alpha value is -4.05. The van der Waals surface area contributed by atoms with E-state index >= 15 is 0 Å². The minimum absolute atomic E-state index is 0.0123. The van der Waals surface area contributed by atoms with E-state index in [4.69, 9.17) is 4.74 Å². The molecule has 0 saturated carbocycles. The standard InChI is InChI=1S/C24H20N4O5S/c1-3-27-18-10-14(8-9-19(18)33-11-20(27)29)17-12-34-24(25-17)26-21(30)13(2)28-22(31)15-6-4-5-7-16(15)23(28)32/h4-10,12-13H,3,11H2,1-2H3,(H,25,26,30)/t13-/m0/s1. The second-order valence-electron chi connectivity index (χ2n) is 7.84. The monoisotopic (exact) mass is 476 g/mol. The van der Waals surface area contributed by atoms with E-state index in [0.717, 1.165) is 10.5 Å². The highest BCUT2D eigenvalue weighted by Gasteiger charge is 2.40. The molecule has 3 aromatic rings. The third-order valence-corrected chi connectivity index (χ3v) is 6.60. The lowest BCUT2D eigenvalue weighted by Gasteiger charge is -2.28. The van der Waals surface area contributed by atoms with Gasteiger partial charge in [0.2, 0.25) is 5.91 Å². The molecule has 3 heterocycles. The van der Waals surface area contributed by atoms with Crippen molar-refractivity contribution in [3.05, 3.63) is 59.0 Å². The minimum atomic E-state index is -1.01. The number of ether oxygens (including phenoxy) is 1.